The first-order valence-electron chi connectivity index (χ1n) is 9.63. The monoisotopic (exact) mass is 375 g/mol. The van der Waals surface area contributed by atoms with Crippen LogP contribution in [-0.4, -0.2) is 28.6 Å². The molecule has 1 aromatic heterocycles. The number of benzene rings is 2. The maximum atomic E-state index is 13.0. The molecule has 0 radical (unpaired) electrons. The Hall–Kier alpha value is -3.21. The van der Waals surface area contributed by atoms with E-state index in [4.69, 9.17) is 4.74 Å². The summed E-state index contributed by atoms with van der Waals surface area (Å²) in [5, 5.41) is 3.02. The van der Waals surface area contributed by atoms with Gasteiger partial charge in [0.25, 0.3) is 0 Å². The fourth-order valence-corrected chi connectivity index (χ4v) is 3.39. The number of methoxy groups -OCH3 is 1. The van der Waals surface area contributed by atoms with Gasteiger partial charge < -0.3 is 19.5 Å². The summed E-state index contributed by atoms with van der Waals surface area (Å²) in [6, 6.07) is 22.2. The Labute approximate surface area is 165 Å². The zero-order valence-corrected chi connectivity index (χ0v) is 16.0. The highest BCUT2D eigenvalue weighted by molar-refractivity contribution is 5.91. The van der Waals surface area contributed by atoms with Crippen molar-refractivity contribution in [2.24, 2.45) is 0 Å². The SMILES string of the molecule is COc1ccccc1NC(=O)N(Cc1cccn1Cc1ccccc1)C1CC1. The van der Waals surface area contributed by atoms with E-state index in [1.807, 2.05) is 41.3 Å². The molecule has 0 aliphatic heterocycles. The molecule has 0 unspecified atom stereocenters. The van der Waals surface area contributed by atoms with Crippen molar-refractivity contribution in [1.82, 2.24) is 9.47 Å². The van der Waals surface area contributed by atoms with Crippen molar-refractivity contribution in [3.8, 4) is 5.75 Å². The number of nitrogens with zero attached hydrogens (tertiary/aromatic N) is 2. The highest BCUT2D eigenvalue weighted by Gasteiger charge is 2.33. The first kappa shape index (κ1) is 18.2. The van der Waals surface area contributed by atoms with E-state index in [-0.39, 0.29) is 6.03 Å². The van der Waals surface area contributed by atoms with Crippen LogP contribution in [0, 0.1) is 0 Å². The third kappa shape index (κ3) is 4.19. The number of rotatable bonds is 7. The summed E-state index contributed by atoms with van der Waals surface area (Å²) in [5.74, 6) is 0.666. The summed E-state index contributed by atoms with van der Waals surface area (Å²) < 4.78 is 7.57. The molecule has 2 aromatic carbocycles. The molecule has 5 nitrogen and oxygen atoms in total. The van der Waals surface area contributed by atoms with Gasteiger partial charge in [-0.15, -0.1) is 0 Å². The van der Waals surface area contributed by atoms with E-state index in [1.165, 1.54) is 5.56 Å². The topological polar surface area (TPSA) is 46.5 Å². The second kappa shape index (κ2) is 8.21. The van der Waals surface area contributed by atoms with E-state index in [0.717, 1.165) is 25.1 Å². The highest BCUT2D eigenvalue weighted by atomic mass is 16.5. The molecule has 1 saturated carbocycles. The smallest absolute Gasteiger partial charge is 0.322 e. The maximum Gasteiger partial charge on any atom is 0.322 e. The van der Waals surface area contributed by atoms with Gasteiger partial charge in [0.15, 0.2) is 0 Å². The molecule has 1 aliphatic carbocycles. The number of carbonyl (C=O) groups is 1. The average Bonchev–Trinajstić information content (AvgIpc) is 3.47. The Morgan fingerprint density at radius 3 is 2.57 bits per heavy atom. The number of hydrogen-bond donors (Lipinski definition) is 1. The van der Waals surface area contributed by atoms with Crippen LogP contribution >= 0.6 is 0 Å². The zero-order chi connectivity index (χ0) is 19.3. The summed E-state index contributed by atoms with van der Waals surface area (Å²) in [6.07, 6.45) is 4.18. The molecule has 2 amide bonds. The number of ether oxygens (including phenoxy) is 1. The number of carbonyl (C=O) groups excluding carboxylic acids is 1. The van der Waals surface area contributed by atoms with Crippen LogP contribution in [0.5, 0.6) is 5.75 Å². The van der Waals surface area contributed by atoms with Crippen LogP contribution in [0.4, 0.5) is 10.5 Å². The summed E-state index contributed by atoms with van der Waals surface area (Å²) in [5.41, 5.74) is 3.07. The van der Waals surface area contributed by atoms with Gasteiger partial charge in [0.05, 0.1) is 19.3 Å². The lowest BCUT2D eigenvalue weighted by Crippen LogP contribution is -2.37. The van der Waals surface area contributed by atoms with Crippen LogP contribution in [0.1, 0.15) is 24.1 Å². The van der Waals surface area contributed by atoms with Gasteiger partial charge in [0.1, 0.15) is 5.75 Å². The van der Waals surface area contributed by atoms with Crippen molar-refractivity contribution >= 4 is 11.7 Å². The molecule has 1 N–H and O–H groups in total. The first-order valence-corrected chi connectivity index (χ1v) is 9.63. The third-order valence-electron chi connectivity index (χ3n) is 5.05. The second-order valence-electron chi connectivity index (χ2n) is 7.10. The summed E-state index contributed by atoms with van der Waals surface area (Å²) in [4.78, 5) is 14.9. The predicted octanol–water partition coefficient (Wildman–Crippen LogP) is 4.74. The molecule has 144 valence electrons. The Morgan fingerprint density at radius 1 is 1.07 bits per heavy atom. The lowest BCUT2D eigenvalue weighted by molar-refractivity contribution is 0.204. The van der Waals surface area contributed by atoms with E-state index in [0.29, 0.717) is 24.0 Å². The summed E-state index contributed by atoms with van der Waals surface area (Å²) in [6.45, 7) is 1.39. The number of para-hydroxylation sites is 2. The number of hydrogen-bond acceptors (Lipinski definition) is 2. The van der Waals surface area contributed by atoms with Gasteiger partial charge in [-0.05, 0) is 42.7 Å². The quantitative estimate of drug-likeness (QED) is 0.648. The van der Waals surface area contributed by atoms with Gasteiger partial charge in [-0.25, -0.2) is 4.79 Å². The second-order valence-corrected chi connectivity index (χ2v) is 7.10. The molecule has 1 heterocycles. The molecule has 5 heteroatoms. The molecule has 0 saturated heterocycles. The van der Waals surface area contributed by atoms with Crippen LogP contribution < -0.4 is 10.1 Å². The molecule has 0 atom stereocenters. The molecule has 0 bridgehead atoms. The normalized spacial score (nSPS) is 13.2. The standard InChI is InChI=1S/C23H25N3O2/c1-28-22-12-6-5-11-21(22)24-23(27)26(19-13-14-19)17-20-10-7-15-25(20)16-18-8-3-2-4-9-18/h2-12,15,19H,13-14,16-17H2,1H3,(H,24,27). The van der Waals surface area contributed by atoms with Gasteiger partial charge in [-0.3, -0.25) is 0 Å². The molecule has 4 rings (SSSR count). The van der Waals surface area contributed by atoms with Gasteiger partial charge in [-0.1, -0.05) is 42.5 Å². The van der Waals surface area contributed by atoms with Gasteiger partial charge in [0.2, 0.25) is 0 Å². The number of amides is 2. The van der Waals surface area contributed by atoms with Crippen LogP contribution in [-0.2, 0) is 13.1 Å². The van der Waals surface area contributed by atoms with E-state index in [9.17, 15) is 4.79 Å². The van der Waals surface area contributed by atoms with Crippen molar-refractivity contribution in [2.45, 2.75) is 32.0 Å². The zero-order valence-electron chi connectivity index (χ0n) is 16.0. The lowest BCUT2D eigenvalue weighted by atomic mass is 10.2. The van der Waals surface area contributed by atoms with E-state index in [1.54, 1.807) is 7.11 Å². The van der Waals surface area contributed by atoms with E-state index >= 15 is 0 Å². The van der Waals surface area contributed by atoms with E-state index in [2.05, 4.69) is 46.4 Å². The Balaban J connectivity index is 1.49. The van der Waals surface area contributed by atoms with Crippen LogP contribution in [0.15, 0.2) is 72.9 Å². The minimum Gasteiger partial charge on any atom is -0.495 e. The van der Waals surface area contributed by atoms with E-state index < -0.39 is 0 Å². The molecular weight excluding hydrogens is 350 g/mol. The molecule has 28 heavy (non-hydrogen) atoms. The molecular formula is C23H25N3O2. The fraction of sp³-hybridized carbons (Fsp3) is 0.261. The minimum absolute atomic E-state index is 0.0838. The Bertz CT molecular complexity index is 932. The van der Waals surface area contributed by atoms with Crippen LogP contribution in [0.2, 0.25) is 0 Å². The maximum absolute atomic E-state index is 13.0. The molecule has 1 fully saturated rings. The van der Waals surface area contributed by atoms with Crippen molar-refractivity contribution < 1.29 is 9.53 Å². The van der Waals surface area contributed by atoms with Crippen LogP contribution in [0.3, 0.4) is 0 Å². The van der Waals surface area contributed by atoms with Crippen molar-refractivity contribution in [1.29, 1.82) is 0 Å². The molecule has 1 aliphatic rings. The first-order chi connectivity index (χ1) is 13.7. The fourth-order valence-electron chi connectivity index (χ4n) is 3.39. The Kier molecular flexibility index (Phi) is 5.33. The summed E-state index contributed by atoms with van der Waals surface area (Å²) in [7, 11) is 1.61. The third-order valence-corrected chi connectivity index (χ3v) is 5.05. The minimum atomic E-state index is -0.0838. The highest BCUT2D eigenvalue weighted by Crippen LogP contribution is 2.30. The van der Waals surface area contributed by atoms with Gasteiger partial charge in [0, 0.05) is 24.5 Å². The number of urea groups is 1. The molecule has 3 aromatic rings. The van der Waals surface area contributed by atoms with Gasteiger partial charge >= 0.3 is 6.03 Å². The number of nitrogens with one attached hydrogen (secondary N) is 1. The Morgan fingerprint density at radius 2 is 1.82 bits per heavy atom. The average molecular weight is 375 g/mol. The largest absolute Gasteiger partial charge is 0.495 e. The lowest BCUT2D eigenvalue weighted by Gasteiger charge is -2.24. The van der Waals surface area contributed by atoms with Gasteiger partial charge in [-0.2, -0.15) is 0 Å². The van der Waals surface area contributed by atoms with Crippen molar-refractivity contribution in [2.75, 3.05) is 12.4 Å². The summed E-state index contributed by atoms with van der Waals surface area (Å²) >= 11 is 0. The number of aromatic nitrogens is 1. The van der Waals surface area contributed by atoms with Crippen molar-refractivity contribution in [3.05, 3.63) is 84.2 Å². The van der Waals surface area contributed by atoms with Crippen LogP contribution in [0.25, 0.3) is 0 Å². The predicted molar refractivity (Wildman–Crippen MR) is 111 cm³/mol. The van der Waals surface area contributed by atoms with Crippen molar-refractivity contribution in [3.63, 3.8) is 0 Å². The number of anilines is 1. The molecule has 0 spiro atoms.